The van der Waals surface area contributed by atoms with Gasteiger partial charge in [-0.1, -0.05) is 12.1 Å². The van der Waals surface area contributed by atoms with Crippen molar-refractivity contribution in [2.24, 2.45) is 0 Å². The monoisotopic (exact) mass is 437 g/mol. The van der Waals surface area contributed by atoms with Crippen LogP contribution >= 0.6 is 12.2 Å². The average molecular weight is 437 g/mol. The number of aromatic nitrogens is 2. The molecule has 2 heterocycles. The number of anilines is 1. The van der Waals surface area contributed by atoms with Crippen LogP contribution in [0.15, 0.2) is 36.5 Å². The summed E-state index contributed by atoms with van der Waals surface area (Å²) in [6, 6.07) is 8.20. The van der Waals surface area contributed by atoms with Crippen molar-refractivity contribution in [2.45, 2.75) is 25.4 Å². The van der Waals surface area contributed by atoms with E-state index >= 15 is 0 Å². The second-order valence-corrected chi connectivity index (χ2v) is 6.95. The minimum atomic E-state index is -4.37. The topological polar surface area (TPSA) is 87.2 Å². The molecule has 1 aromatic heterocycles. The number of carbonyl (C=O) groups is 2. The van der Waals surface area contributed by atoms with E-state index in [-0.39, 0.29) is 29.3 Å². The Morgan fingerprint density at radius 2 is 1.73 bits per heavy atom. The van der Waals surface area contributed by atoms with Crippen molar-refractivity contribution in [1.29, 1.82) is 0 Å². The van der Waals surface area contributed by atoms with Gasteiger partial charge in [-0.15, -0.1) is 0 Å². The van der Waals surface area contributed by atoms with Crippen molar-refractivity contribution in [2.75, 3.05) is 18.4 Å². The van der Waals surface area contributed by atoms with E-state index in [0.717, 1.165) is 0 Å². The Hall–Kier alpha value is -3.08. The first-order valence-electron chi connectivity index (χ1n) is 9.13. The molecular formula is C19H18F3N5O2S. The number of aryl methyl sites for hydroxylation is 1. The number of halogens is 3. The number of benzene rings is 1. The Kier molecular flexibility index (Phi) is 6.60. The van der Waals surface area contributed by atoms with Crippen LogP contribution < -0.4 is 10.6 Å². The molecule has 7 nitrogen and oxygen atoms in total. The molecule has 11 heteroatoms. The molecule has 0 radical (unpaired) electrons. The fourth-order valence-corrected chi connectivity index (χ4v) is 3.10. The minimum absolute atomic E-state index is 0.192. The van der Waals surface area contributed by atoms with Crippen molar-refractivity contribution in [1.82, 2.24) is 20.2 Å². The van der Waals surface area contributed by atoms with Crippen molar-refractivity contribution >= 4 is 35.0 Å². The maximum Gasteiger partial charge on any atom is 0.405 e. The van der Waals surface area contributed by atoms with Gasteiger partial charge in [-0.05, 0) is 43.3 Å². The summed E-state index contributed by atoms with van der Waals surface area (Å²) in [5.41, 5.74) is 0.833. The molecule has 1 aromatic carbocycles. The molecule has 2 amide bonds. The molecule has 0 atom stereocenters. The van der Waals surface area contributed by atoms with Gasteiger partial charge >= 0.3 is 6.18 Å². The molecule has 158 valence electrons. The first-order valence-corrected chi connectivity index (χ1v) is 9.54. The lowest BCUT2D eigenvalue weighted by molar-refractivity contribution is -0.121. The number of nitrogens with one attached hydrogen (secondary N) is 2. The summed E-state index contributed by atoms with van der Waals surface area (Å²) < 4.78 is 36.6. The van der Waals surface area contributed by atoms with E-state index in [0.29, 0.717) is 36.2 Å². The van der Waals surface area contributed by atoms with Crippen LogP contribution in [-0.2, 0) is 6.42 Å². The molecule has 0 bridgehead atoms. The van der Waals surface area contributed by atoms with Gasteiger partial charge in [-0.3, -0.25) is 14.5 Å². The highest BCUT2D eigenvalue weighted by molar-refractivity contribution is 7.80. The lowest BCUT2D eigenvalue weighted by Gasteiger charge is -2.13. The summed E-state index contributed by atoms with van der Waals surface area (Å²) in [4.78, 5) is 34.2. The van der Waals surface area contributed by atoms with Gasteiger partial charge in [0.15, 0.2) is 5.11 Å². The number of thiocarbonyl (C=S) groups is 1. The van der Waals surface area contributed by atoms with E-state index in [1.807, 2.05) is 0 Å². The van der Waals surface area contributed by atoms with Crippen molar-refractivity contribution in [3.63, 3.8) is 0 Å². The predicted octanol–water partition coefficient (Wildman–Crippen LogP) is 2.94. The molecule has 3 rings (SSSR count). The largest absolute Gasteiger partial charge is 0.405 e. The van der Waals surface area contributed by atoms with E-state index in [1.54, 1.807) is 24.3 Å². The summed E-state index contributed by atoms with van der Waals surface area (Å²) in [5, 5.41) is 4.45. The Morgan fingerprint density at radius 3 is 2.37 bits per heavy atom. The molecule has 0 spiro atoms. The Labute approximate surface area is 175 Å². The number of hydrogen-bond donors (Lipinski definition) is 2. The SMILES string of the molecule is O=C1c2ccccc2C(=O)N1CCCCc1nccc(NC(=S)NCC(F)(F)F)n1. The number of nitrogens with zero attached hydrogens (tertiary/aromatic N) is 3. The van der Waals surface area contributed by atoms with Gasteiger partial charge in [0, 0.05) is 19.2 Å². The third-order valence-corrected chi connectivity index (χ3v) is 4.55. The standard InChI is InChI=1S/C19H18F3N5O2S/c20-19(21,22)11-24-18(30)26-15-8-9-23-14(25-15)7-3-4-10-27-16(28)12-5-1-2-6-13(12)17(27)29/h1-2,5-6,8-9H,3-4,7,10-11H2,(H2,23,24,25,26,30). The summed E-state index contributed by atoms with van der Waals surface area (Å²) >= 11 is 4.81. The highest BCUT2D eigenvalue weighted by Crippen LogP contribution is 2.22. The summed E-state index contributed by atoms with van der Waals surface area (Å²) in [6.07, 6.45) is -1.24. The van der Waals surface area contributed by atoms with Crippen molar-refractivity contribution in [3.05, 3.63) is 53.5 Å². The number of alkyl halides is 3. The van der Waals surface area contributed by atoms with Gasteiger partial charge < -0.3 is 10.6 Å². The lowest BCUT2D eigenvalue weighted by Crippen LogP contribution is -2.36. The normalized spacial score (nSPS) is 13.4. The van der Waals surface area contributed by atoms with Gasteiger partial charge in [0.25, 0.3) is 11.8 Å². The van der Waals surface area contributed by atoms with E-state index in [4.69, 9.17) is 12.2 Å². The zero-order chi connectivity index (χ0) is 21.7. The second-order valence-electron chi connectivity index (χ2n) is 6.55. The zero-order valence-electron chi connectivity index (χ0n) is 15.7. The van der Waals surface area contributed by atoms with Gasteiger partial charge in [-0.2, -0.15) is 13.2 Å². The average Bonchev–Trinajstić information content (AvgIpc) is 2.94. The molecule has 2 N–H and O–H groups in total. The molecule has 0 aliphatic carbocycles. The quantitative estimate of drug-likeness (QED) is 0.391. The summed E-state index contributed by atoms with van der Waals surface area (Å²) in [7, 11) is 0. The smallest absolute Gasteiger partial charge is 0.353 e. The molecule has 1 aliphatic heterocycles. The number of unbranched alkanes of at least 4 members (excludes halogenated alkanes) is 1. The summed E-state index contributed by atoms with van der Waals surface area (Å²) in [6.45, 7) is -0.954. The highest BCUT2D eigenvalue weighted by Gasteiger charge is 2.34. The fourth-order valence-electron chi connectivity index (χ4n) is 2.93. The van der Waals surface area contributed by atoms with Crippen LogP contribution in [-0.4, -0.2) is 51.1 Å². The zero-order valence-corrected chi connectivity index (χ0v) is 16.5. The molecule has 0 unspecified atom stereocenters. The molecule has 0 fully saturated rings. The van der Waals surface area contributed by atoms with Crippen LogP contribution in [0.3, 0.4) is 0 Å². The van der Waals surface area contributed by atoms with Crippen LogP contribution in [0, 0.1) is 0 Å². The van der Waals surface area contributed by atoms with Crippen molar-refractivity contribution in [3.8, 4) is 0 Å². The first kappa shape index (κ1) is 21.6. The van der Waals surface area contributed by atoms with Crippen LogP contribution in [0.2, 0.25) is 0 Å². The summed E-state index contributed by atoms with van der Waals surface area (Å²) in [5.74, 6) is 0.164. The Bertz CT molecular complexity index is 932. The molecule has 0 saturated heterocycles. The van der Waals surface area contributed by atoms with E-state index in [9.17, 15) is 22.8 Å². The fraction of sp³-hybridized carbons (Fsp3) is 0.316. The third-order valence-electron chi connectivity index (χ3n) is 4.31. The van der Waals surface area contributed by atoms with E-state index in [2.05, 4.69) is 20.6 Å². The molecule has 30 heavy (non-hydrogen) atoms. The van der Waals surface area contributed by atoms with Gasteiger partial charge in [0.05, 0.1) is 11.1 Å². The number of rotatable bonds is 7. The third kappa shape index (κ3) is 5.50. The number of carbonyl (C=O) groups excluding carboxylic acids is 2. The van der Waals surface area contributed by atoms with Gasteiger partial charge in [0.2, 0.25) is 0 Å². The van der Waals surface area contributed by atoms with Gasteiger partial charge in [0.1, 0.15) is 18.2 Å². The molecule has 0 saturated carbocycles. The van der Waals surface area contributed by atoms with Crippen LogP contribution in [0.1, 0.15) is 39.4 Å². The number of imide groups is 1. The van der Waals surface area contributed by atoms with Gasteiger partial charge in [-0.25, -0.2) is 9.97 Å². The van der Waals surface area contributed by atoms with E-state index < -0.39 is 12.7 Å². The first-order chi connectivity index (χ1) is 14.2. The maximum atomic E-state index is 12.3. The second kappa shape index (κ2) is 9.16. The molecule has 2 aromatic rings. The van der Waals surface area contributed by atoms with Crippen LogP contribution in [0.25, 0.3) is 0 Å². The number of hydrogen-bond acceptors (Lipinski definition) is 5. The van der Waals surface area contributed by atoms with Crippen LogP contribution in [0.4, 0.5) is 19.0 Å². The Balaban J connectivity index is 1.46. The number of amides is 2. The molecular weight excluding hydrogens is 419 g/mol. The minimum Gasteiger partial charge on any atom is -0.353 e. The Morgan fingerprint density at radius 1 is 1.07 bits per heavy atom. The highest BCUT2D eigenvalue weighted by atomic mass is 32.1. The maximum absolute atomic E-state index is 12.3. The van der Waals surface area contributed by atoms with E-state index in [1.165, 1.54) is 17.2 Å². The molecule has 1 aliphatic rings. The predicted molar refractivity (Wildman–Crippen MR) is 107 cm³/mol. The number of fused-ring (bicyclic) bond motifs is 1. The van der Waals surface area contributed by atoms with Crippen LogP contribution in [0.5, 0.6) is 0 Å². The van der Waals surface area contributed by atoms with Crippen molar-refractivity contribution < 1.29 is 22.8 Å². The lowest BCUT2D eigenvalue weighted by atomic mass is 10.1.